The smallest absolute Gasteiger partial charge is 0.273 e. The molecule has 0 bridgehead atoms. The Morgan fingerprint density at radius 2 is 2.10 bits per heavy atom. The van der Waals surface area contributed by atoms with Crippen molar-refractivity contribution in [2.24, 2.45) is 7.05 Å². The molecule has 0 atom stereocenters. The zero-order valence-electron chi connectivity index (χ0n) is 12.1. The van der Waals surface area contributed by atoms with Crippen LogP contribution < -0.4 is 5.32 Å². The van der Waals surface area contributed by atoms with E-state index in [1.54, 1.807) is 15.6 Å². The number of aryl methyl sites for hydroxylation is 3. The van der Waals surface area contributed by atoms with E-state index >= 15 is 0 Å². The van der Waals surface area contributed by atoms with E-state index in [0.29, 0.717) is 18.1 Å². The van der Waals surface area contributed by atoms with E-state index in [9.17, 15) is 4.79 Å². The number of nitrogens with zero attached hydrogens (tertiary/aromatic N) is 4. The van der Waals surface area contributed by atoms with Crippen molar-refractivity contribution in [1.29, 1.82) is 0 Å². The highest BCUT2D eigenvalue weighted by atomic mass is 35.5. The van der Waals surface area contributed by atoms with Crippen LogP contribution in [0.1, 0.15) is 34.4 Å². The Bertz CT molecular complexity index is 643. The number of amides is 1. The van der Waals surface area contributed by atoms with Crippen molar-refractivity contribution in [2.45, 2.75) is 33.9 Å². The SMILES string of the molecule is CCn1cc(Cl)c(C(=O)NCc2c(C)nn(C)c2C)n1. The molecule has 7 heteroatoms. The summed E-state index contributed by atoms with van der Waals surface area (Å²) in [4.78, 5) is 12.1. The van der Waals surface area contributed by atoms with Gasteiger partial charge in [0.15, 0.2) is 5.69 Å². The minimum Gasteiger partial charge on any atom is -0.346 e. The van der Waals surface area contributed by atoms with E-state index in [4.69, 9.17) is 11.6 Å². The summed E-state index contributed by atoms with van der Waals surface area (Å²) in [5, 5.41) is 11.7. The summed E-state index contributed by atoms with van der Waals surface area (Å²) in [5.41, 5.74) is 3.23. The molecule has 0 aromatic carbocycles. The van der Waals surface area contributed by atoms with Crippen molar-refractivity contribution >= 4 is 17.5 Å². The van der Waals surface area contributed by atoms with Crippen molar-refractivity contribution in [3.63, 3.8) is 0 Å². The number of hydrogen-bond acceptors (Lipinski definition) is 3. The molecular formula is C13H18ClN5O. The van der Waals surface area contributed by atoms with Crippen LogP contribution in [0.15, 0.2) is 6.20 Å². The number of carbonyl (C=O) groups is 1. The highest BCUT2D eigenvalue weighted by molar-refractivity contribution is 6.33. The Kier molecular flexibility index (Phi) is 4.13. The second kappa shape index (κ2) is 5.66. The molecule has 0 aliphatic carbocycles. The van der Waals surface area contributed by atoms with Gasteiger partial charge < -0.3 is 5.32 Å². The Balaban J connectivity index is 2.10. The maximum Gasteiger partial charge on any atom is 0.273 e. The van der Waals surface area contributed by atoms with Crippen LogP contribution in [-0.2, 0) is 20.1 Å². The fourth-order valence-corrected chi connectivity index (χ4v) is 2.27. The molecule has 0 fully saturated rings. The molecule has 0 spiro atoms. The number of rotatable bonds is 4. The maximum absolute atomic E-state index is 12.1. The molecule has 0 unspecified atom stereocenters. The van der Waals surface area contributed by atoms with E-state index in [1.807, 2.05) is 27.8 Å². The fourth-order valence-electron chi connectivity index (χ4n) is 2.04. The van der Waals surface area contributed by atoms with Crippen LogP contribution in [0.5, 0.6) is 0 Å². The molecule has 0 radical (unpaired) electrons. The average molecular weight is 296 g/mol. The largest absolute Gasteiger partial charge is 0.346 e. The van der Waals surface area contributed by atoms with Crippen LogP contribution in [0.25, 0.3) is 0 Å². The standard InChI is InChI=1S/C13H18ClN5O/c1-5-19-7-11(14)12(17-19)13(20)15-6-10-8(2)16-18(4)9(10)3/h7H,5-6H2,1-4H3,(H,15,20). The number of halogens is 1. The average Bonchev–Trinajstić information content (AvgIpc) is 2.89. The van der Waals surface area contributed by atoms with Gasteiger partial charge in [0.05, 0.1) is 10.7 Å². The van der Waals surface area contributed by atoms with Gasteiger partial charge in [0.1, 0.15) is 0 Å². The molecule has 2 rings (SSSR count). The van der Waals surface area contributed by atoms with Gasteiger partial charge in [-0.15, -0.1) is 0 Å². The number of hydrogen-bond donors (Lipinski definition) is 1. The van der Waals surface area contributed by atoms with Gasteiger partial charge in [-0.2, -0.15) is 10.2 Å². The third-order valence-electron chi connectivity index (χ3n) is 3.34. The summed E-state index contributed by atoms with van der Waals surface area (Å²) in [5.74, 6) is -0.273. The van der Waals surface area contributed by atoms with Crippen LogP contribution in [0.3, 0.4) is 0 Å². The van der Waals surface area contributed by atoms with E-state index in [-0.39, 0.29) is 11.6 Å². The molecule has 2 aromatic heterocycles. The van der Waals surface area contributed by atoms with Gasteiger partial charge in [0, 0.05) is 37.6 Å². The highest BCUT2D eigenvalue weighted by Gasteiger charge is 2.16. The number of nitrogens with one attached hydrogen (secondary N) is 1. The van der Waals surface area contributed by atoms with E-state index in [0.717, 1.165) is 17.0 Å². The summed E-state index contributed by atoms with van der Waals surface area (Å²) in [6.45, 7) is 6.92. The highest BCUT2D eigenvalue weighted by Crippen LogP contribution is 2.15. The van der Waals surface area contributed by atoms with Gasteiger partial charge in [-0.1, -0.05) is 11.6 Å². The molecule has 1 N–H and O–H groups in total. The first kappa shape index (κ1) is 14.6. The van der Waals surface area contributed by atoms with Crippen LogP contribution in [0, 0.1) is 13.8 Å². The van der Waals surface area contributed by atoms with Gasteiger partial charge in [-0.3, -0.25) is 14.2 Å². The van der Waals surface area contributed by atoms with Crippen molar-refractivity contribution in [1.82, 2.24) is 24.9 Å². The lowest BCUT2D eigenvalue weighted by Crippen LogP contribution is -2.24. The van der Waals surface area contributed by atoms with Crippen LogP contribution in [0.2, 0.25) is 5.02 Å². The van der Waals surface area contributed by atoms with Gasteiger partial charge in [0.2, 0.25) is 0 Å². The molecule has 20 heavy (non-hydrogen) atoms. The molecule has 2 heterocycles. The third-order valence-corrected chi connectivity index (χ3v) is 3.62. The van der Waals surface area contributed by atoms with Crippen molar-refractivity contribution in [2.75, 3.05) is 0 Å². The zero-order valence-corrected chi connectivity index (χ0v) is 12.8. The molecular weight excluding hydrogens is 278 g/mol. The molecule has 0 saturated heterocycles. The van der Waals surface area contributed by atoms with Crippen LogP contribution >= 0.6 is 11.6 Å². The second-order valence-electron chi connectivity index (χ2n) is 4.64. The molecule has 2 aromatic rings. The molecule has 0 aliphatic rings. The summed E-state index contributed by atoms with van der Waals surface area (Å²) in [7, 11) is 1.88. The molecule has 1 amide bonds. The Morgan fingerprint density at radius 1 is 1.40 bits per heavy atom. The van der Waals surface area contributed by atoms with Gasteiger partial charge in [-0.05, 0) is 20.8 Å². The maximum atomic E-state index is 12.1. The molecule has 108 valence electrons. The number of aromatic nitrogens is 4. The Hall–Kier alpha value is -1.82. The summed E-state index contributed by atoms with van der Waals surface area (Å²) in [6.07, 6.45) is 1.65. The van der Waals surface area contributed by atoms with Crippen molar-refractivity contribution in [3.05, 3.63) is 33.9 Å². The van der Waals surface area contributed by atoms with Gasteiger partial charge >= 0.3 is 0 Å². The first-order chi connectivity index (χ1) is 9.43. The lowest BCUT2D eigenvalue weighted by atomic mass is 10.2. The van der Waals surface area contributed by atoms with Crippen molar-refractivity contribution in [3.8, 4) is 0 Å². The third kappa shape index (κ3) is 2.70. The topological polar surface area (TPSA) is 64.7 Å². The first-order valence-corrected chi connectivity index (χ1v) is 6.82. The quantitative estimate of drug-likeness (QED) is 0.936. The molecule has 6 nitrogen and oxygen atoms in total. The summed E-state index contributed by atoms with van der Waals surface area (Å²) < 4.78 is 3.44. The number of carbonyl (C=O) groups excluding carboxylic acids is 1. The lowest BCUT2D eigenvalue weighted by Gasteiger charge is -2.04. The first-order valence-electron chi connectivity index (χ1n) is 6.44. The van der Waals surface area contributed by atoms with E-state index in [2.05, 4.69) is 15.5 Å². The van der Waals surface area contributed by atoms with Crippen LogP contribution in [0.4, 0.5) is 0 Å². The normalized spacial score (nSPS) is 10.8. The van der Waals surface area contributed by atoms with Crippen LogP contribution in [-0.4, -0.2) is 25.5 Å². The predicted octanol–water partition coefficient (Wildman–Crippen LogP) is 1.84. The van der Waals surface area contributed by atoms with Gasteiger partial charge in [0.25, 0.3) is 5.91 Å². The van der Waals surface area contributed by atoms with E-state index in [1.165, 1.54) is 0 Å². The lowest BCUT2D eigenvalue weighted by molar-refractivity contribution is 0.0945. The summed E-state index contributed by atoms with van der Waals surface area (Å²) >= 11 is 6.01. The zero-order chi connectivity index (χ0) is 14.9. The Morgan fingerprint density at radius 3 is 2.60 bits per heavy atom. The van der Waals surface area contributed by atoms with E-state index < -0.39 is 0 Å². The van der Waals surface area contributed by atoms with Gasteiger partial charge in [-0.25, -0.2) is 0 Å². The molecule has 0 saturated carbocycles. The van der Waals surface area contributed by atoms with Crippen molar-refractivity contribution < 1.29 is 4.79 Å². The minimum atomic E-state index is -0.273. The Labute approximate surface area is 122 Å². The monoisotopic (exact) mass is 295 g/mol. The summed E-state index contributed by atoms with van der Waals surface area (Å²) in [6, 6.07) is 0. The minimum absolute atomic E-state index is 0.257. The predicted molar refractivity (Wildman–Crippen MR) is 76.8 cm³/mol. The molecule has 0 aliphatic heterocycles. The second-order valence-corrected chi connectivity index (χ2v) is 5.04. The fraction of sp³-hybridized carbons (Fsp3) is 0.462.